The maximum atomic E-state index is 5.60. The van der Waals surface area contributed by atoms with Crippen LogP contribution in [0.15, 0.2) is 48.5 Å². The van der Waals surface area contributed by atoms with Crippen LogP contribution in [0.25, 0.3) is 11.1 Å². The molecule has 88 valence electrons. The predicted molar refractivity (Wildman–Crippen MR) is 72.8 cm³/mol. The highest BCUT2D eigenvalue weighted by Gasteiger charge is 2.00. The highest BCUT2D eigenvalue weighted by Crippen LogP contribution is 2.24. The van der Waals surface area contributed by atoms with Gasteiger partial charge in [0.25, 0.3) is 0 Å². The summed E-state index contributed by atoms with van der Waals surface area (Å²) in [6, 6.07) is 16.5. The van der Waals surface area contributed by atoms with Gasteiger partial charge in [-0.25, -0.2) is 0 Å². The van der Waals surface area contributed by atoms with E-state index in [4.69, 9.17) is 16.3 Å². The van der Waals surface area contributed by atoms with Gasteiger partial charge in [0.2, 0.25) is 0 Å². The summed E-state index contributed by atoms with van der Waals surface area (Å²) < 4.78 is 5.52. The Labute approximate surface area is 107 Å². The number of hydrogen-bond donors (Lipinski definition) is 0. The fourth-order valence-corrected chi connectivity index (χ4v) is 1.82. The summed E-state index contributed by atoms with van der Waals surface area (Å²) in [5, 5.41) is 0. The predicted octanol–water partition coefficient (Wildman–Crippen LogP) is 4.28. The molecule has 0 heterocycles. The van der Waals surface area contributed by atoms with Crippen molar-refractivity contribution in [2.24, 2.45) is 0 Å². The topological polar surface area (TPSA) is 9.23 Å². The van der Waals surface area contributed by atoms with Crippen LogP contribution < -0.4 is 4.74 Å². The molecule has 0 N–H and O–H groups in total. The van der Waals surface area contributed by atoms with Crippen LogP contribution in [0.2, 0.25) is 0 Å². The highest BCUT2D eigenvalue weighted by molar-refractivity contribution is 6.18. The SMILES string of the molecule is Cc1cccc(-c2cccc(OCCCl)c2)c1. The van der Waals surface area contributed by atoms with E-state index in [0.717, 1.165) is 5.75 Å². The molecule has 2 rings (SSSR count). The molecule has 1 nitrogen and oxygen atoms in total. The van der Waals surface area contributed by atoms with Crippen molar-refractivity contribution in [2.75, 3.05) is 12.5 Å². The first kappa shape index (κ1) is 12.0. The van der Waals surface area contributed by atoms with E-state index < -0.39 is 0 Å². The van der Waals surface area contributed by atoms with Gasteiger partial charge in [-0.3, -0.25) is 0 Å². The number of benzene rings is 2. The quantitative estimate of drug-likeness (QED) is 0.732. The van der Waals surface area contributed by atoms with Crippen LogP contribution in [0.1, 0.15) is 5.56 Å². The van der Waals surface area contributed by atoms with Gasteiger partial charge in [0.05, 0.1) is 5.88 Å². The van der Waals surface area contributed by atoms with E-state index >= 15 is 0 Å². The normalized spacial score (nSPS) is 10.2. The average Bonchev–Trinajstić information content (AvgIpc) is 2.37. The van der Waals surface area contributed by atoms with Crippen molar-refractivity contribution < 1.29 is 4.74 Å². The number of hydrogen-bond acceptors (Lipinski definition) is 1. The van der Waals surface area contributed by atoms with Crippen molar-refractivity contribution in [3.63, 3.8) is 0 Å². The first-order chi connectivity index (χ1) is 8.29. The molecule has 0 bridgehead atoms. The van der Waals surface area contributed by atoms with E-state index in [9.17, 15) is 0 Å². The van der Waals surface area contributed by atoms with Crippen molar-refractivity contribution in [1.82, 2.24) is 0 Å². The minimum Gasteiger partial charge on any atom is -0.492 e. The van der Waals surface area contributed by atoms with Crippen LogP contribution in [0.5, 0.6) is 5.75 Å². The fraction of sp³-hybridized carbons (Fsp3) is 0.200. The maximum Gasteiger partial charge on any atom is 0.119 e. The number of alkyl halides is 1. The summed E-state index contributed by atoms with van der Waals surface area (Å²) in [5.41, 5.74) is 3.64. The molecule has 2 heteroatoms. The number of rotatable bonds is 4. The highest BCUT2D eigenvalue weighted by atomic mass is 35.5. The van der Waals surface area contributed by atoms with Crippen LogP contribution in [-0.2, 0) is 0 Å². The van der Waals surface area contributed by atoms with E-state index in [1.165, 1.54) is 16.7 Å². The van der Waals surface area contributed by atoms with Gasteiger partial charge in [0, 0.05) is 0 Å². The molecule has 0 saturated heterocycles. The Morgan fingerprint density at radius 2 is 1.71 bits per heavy atom. The van der Waals surface area contributed by atoms with E-state index in [0.29, 0.717) is 12.5 Å². The third-order valence-corrected chi connectivity index (χ3v) is 2.69. The zero-order chi connectivity index (χ0) is 12.1. The van der Waals surface area contributed by atoms with Gasteiger partial charge in [0.15, 0.2) is 0 Å². The summed E-state index contributed by atoms with van der Waals surface area (Å²) in [7, 11) is 0. The zero-order valence-corrected chi connectivity index (χ0v) is 10.6. The van der Waals surface area contributed by atoms with Crippen LogP contribution in [0, 0.1) is 6.92 Å². The molecule has 0 aliphatic rings. The molecule has 2 aromatic rings. The maximum absolute atomic E-state index is 5.60. The molecule has 0 aliphatic heterocycles. The molecular weight excluding hydrogens is 232 g/mol. The Morgan fingerprint density at radius 3 is 2.41 bits per heavy atom. The summed E-state index contributed by atoms with van der Waals surface area (Å²) >= 11 is 5.60. The van der Waals surface area contributed by atoms with Gasteiger partial charge in [-0.1, -0.05) is 42.0 Å². The Balaban J connectivity index is 2.26. The Morgan fingerprint density at radius 1 is 1.00 bits per heavy atom. The third kappa shape index (κ3) is 3.24. The number of halogens is 1. The monoisotopic (exact) mass is 246 g/mol. The zero-order valence-electron chi connectivity index (χ0n) is 9.82. The second-order valence-corrected chi connectivity index (χ2v) is 4.31. The average molecular weight is 247 g/mol. The molecule has 17 heavy (non-hydrogen) atoms. The molecule has 0 aromatic heterocycles. The van der Waals surface area contributed by atoms with Gasteiger partial charge in [-0.05, 0) is 30.2 Å². The van der Waals surface area contributed by atoms with E-state index in [1.54, 1.807) is 0 Å². The second kappa shape index (κ2) is 5.74. The van der Waals surface area contributed by atoms with E-state index in [-0.39, 0.29) is 0 Å². The molecule has 0 radical (unpaired) electrons. The first-order valence-electron chi connectivity index (χ1n) is 5.65. The summed E-state index contributed by atoms with van der Waals surface area (Å²) in [6.45, 7) is 2.64. The van der Waals surface area contributed by atoms with Crippen molar-refractivity contribution in [1.29, 1.82) is 0 Å². The minimum atomic E-state index is 0.509. The van der Waals surface area contributed by atoms with E-state index in [2.05, 4.69) is 37.3 Å². The van der Waals surface area contributed by atoms with Gasteiger partial charge in [-0.15, -0.1) is 11.6 Å². The summed E-state index contributed by atoms with van der Waals surface area (Å²) in [5.74, 6) is 1.37. The lowest BCUT2D eigenvalue weighted by Crippen LogP contribution is -1.97. The van der Waals surface area contributed by atoms with Crippen LogP contribution in [0.4, 0.5) is 0 Å². The van der Waals surface area contributed by atoms with Crippen molar-refractivity contribution in [3.05, 3.63) is 54.1 Å². The molecular formula is C15H15ClO. The Bertz CT molecular complexity index is 494. The van der Waals surface area contributed by atoms with Crippen LogP contribution >= 0.6 is 11.6 Å². The largest absolute Gasteiger partial charge is 0.492 e. The lowest BCUT2D eigenvalue weighted by atomic mass is 10.0. The van der Waals surface area contributed by atoms with Gasteiger partial charge in [-0.2, -0.15) is 0 Å². The van der Waals surface area contributed by atoms with Gasteiger partial charge < -0.3 is 4.74 Å². The van der Waals surface area contributed by atoms with E-state index in [1.807, 2.05) is 18.2 Å². The smallest absolute Gasteiger partial charge is 0.119 e. The molecule has 0 aliphatic carbocycles. The minimum absolute atomic E-state index is 0.509. The molecule has 0 amide bonds. The molecule has 0 atom stereocenters. The van der Waals surface area contributed by atoms with Crippen LogP contribution in [-0.4, -0.2) is 12.5 Å². The first-order valence-corrected chi connectivity index (χ1v) is 6.19. The molecule has 0 spiro atoms. The van der Waals surface area contributed by atoms with Gasteiger partial charge in [0.1, 0.15) is 12.4 Å². The third-order valence-electron chi connectivity index (χ3n) is 2.53. The Kier molecular flexibility index (Phi) is 4.05. The number of aryl methyl sites for hydroxylation is 1. The summed E-state index contributed by atoms with van der Waals surface area (Å²) in [6.07, 6.45) is 0. The lowest BCUT2D eigenvalue weighted by Gasteiger charge is -2.07. The molecule has 0 unspecified atom stereocenters. The van der Waals surface area contributed by atoms with Crippen molar-refractivity contribution >= 4 is 11.6 Å². The molecule has 2 aromatic carbocycles. The lowest BCUT2D eigenvalue weighted by molar-refractivity contribution is 0.343. The van der Waals surface area contributed by atoms with Crippen molar-refractivity contribution in [3.8, 4) is 16.9 Å². The standard InChI is InChI=1S/C15H15ClO/c1-12-4-2-5-13(10-12)14-6-3-7-15(11-14)17-9-8-16/h2-7,10-11H,8-9H2,1H3. The number of ether oxygens (including phenoxy) is 1. The molecule has 0 saturated carbocycles. The van der Waals surface area contributed by atoms with Crippen molar-refractivity contribution in [2.45, 2.75) is 6.92 Å². The van der Waals surface area contributed by atoms with Gasteiger partial charge >= 0.3 is 0 Å². The Hall–Kier alpha value is -1.47. The summed E-state index contributed by atoms with van der Waals surface area (Å²) in [4.78, 5) is 0. The van der Waals surface area contributed by atoms with Crippen LogP contribution in [0.3, 0.4) is 0 Å². The second-order valence-electron chi connectivity index (χ2n) is 3.93. The molecule has 0 fully saturated rings. The fourth-order valence-electron chi connectivity index (χ4n) is 1.75.